The van der Waals surface area contributed by atoms with Crippen LogP contribution in [0.4, 0.5) is 0 Å². The van der Waals surface area contributed by atoms with Crippen molar-refractivity contribution in [2.45, 2.75) is 29.7 Å². The minimum atomic E-state index is -0.0402. The fraction of sp³-hybridized carbons (Fsp3) is 0.174. The number of β-lactam (4-membered cyclic amide) rings is 1. The van der Waals surface area contributed by atoms with E-state index in [4.69, 9.17) is 0 Å². The Morgan fingerprint density at radius 3 is 1.88 bits per heavy atom. The molecule has 1 heterocycles. The van der Waals surface area contributed by atoms with Crippen LogP contribution >= 0.6 is 11.8 Å². The number of carbonyl (C=O) groups excluding carboxylic acids is 1. The summed E-state index contributed by atoms with van der Waals surface area (Å²) in [5.74, 6) is 0.215. The summed E-state index contributed by atoms with van der Waals surface area (Å²) in [6, 6.07) is 29.1. The smallest absolute Gasteiger partial charge is 0.227 e. The van der Waals surface area contributed by atoms with Crippen LogP contribution in [-0.4, -0.2) is 16.2 Å². The van der Waals surface area contributed by atoms with E-state index in [-0.39, 0.29) is 17.3 Å². The molecule has 130 valence electrons. The van der Waals surface area contributed by atoms with Crippen molar-refractivity contribution in [3.63, 3.8) is 0 Å². The van der Waals surface area contributed by atoms with E-state index in [1.54, 1.807) is 11.8 Å². The van der Waals surface area contributed by atoms with Gasteiger partial charge in [0, 0.05) is 4.90 Å². The summed E-state index contributed by atoms with van der Waals surface area (Å²) in [5, 5.41) is 0.163. The number of carbonyl (C=O) groups is 1. The molecule has 0 saturated carbocycles. The SMILES string of the molecule is Cc1ccc(S[C@@H]2CC(=O)N2C(c2ccccc2)c2ccccc2)cc1. The molecular weight excluding hydrogens is 338 g/mol. The number of nitrogens with zero attached hydrogens (tertiary/aromatic N) is 1. The highest BCUT2D eigenvalue weighted by Crippen LogP contribution is 2.43. The zero-order valence-corrected chi connectivity index (χ0v) is 15.5. The lowest BCUT2D eigenvalue weighted by Crippen LogP contribution is -2.52. The maximum Gasteiger partial charge on any atom is 0.227 e. The van der Waals surface area contributed by atoms with Crippen LogP contribution in [0.3, 0.4) is 0 Å². The fourth-order valence-electron chi connectivity index (χ4n) is 3.37. The number of hydrogen-bond donors (Lipinski definition) is 0. The van der Waals surface area contributed by atoms with Gasteiger partial charge in [-0.2, -0.15) is 0 Å². The van der Waals surface area contributed by atoms with Gasteiger partial charge in [-0.1, -0.05) is 78.4 Å². The van der Waals surface area contributed by atoms with Gasteiger partial charge < -0.3 is 4.90 Å². The number of amides is 1. The second kappa shape index (κ2) is 7.38. The average Bonchev–Trinajstić information content (AvgIpc) is 2.68. The summed E-state index contributed by atoms with van der Waals surface area (Å²) in [7, 11) is 0. The lowest BCUT2D eigenvalue weighted by atomic mass is 9.94. The van der Waals surface area contributed by atoms with E-state index < -0.39 is 0 Å². The largest absolute Gasteiger partial charge is 0.319 e. The van der Waals surface area contributed by atoms with Crippen LogP contribution in [0.1, 0.15) is 29.2 Å². The van der Waals surface area contributed by atoms with Gasteiger partial charge in [0.05, 0.1) is 17.8 Å². The molecule has 0 bridgehead atoms. The van der Waals surface area contributed by atoms with Crippen molar-refractivity contribution in [1.29, 1.82) is 0 Å². The average molecular weight is 359 g/mol. The van der Waals surface area contributed by atoms with Gasteiger partial charge in [-0.25, -0.2) is 0 Å². The zero-order chi connectivity index (χ0) is 17.9. The van der Waals surface area contributed by atoms with E-state index in [0.717, 1.165) is 11.1 Å². The van der Waals surface area contributed by atoms with Gasteiger partial charge in [0.15, 0.2) is 0 Å². The molecule has 0 N–H and O–H groups in total. The van der Waals surface area contributed by atoms with Crippen molar-refractivity contribution in [1.82, 2.24) is 4.90 Å². The Labute approximate surface area is 158 Å². The van der Waals surface area contributed by atoms with Crippen molar-refractivity contribution >= 4 is 17.7 Å². The second-order valence-corrected chi connectivity index (χ2v) is 7.87. The molecule has 3 aromatic rings. The summed E-state index contributed by atoms with van der Waals surface area (Å²) >= 11 is 1.77. The lowest BCUT2D eigenvalue weighted by Gasteiger charge is -2.45. The molecule has 1 aliphatic rings. The highest BCUT2D eigenvalue weighted by Gasteiger charge is 2.42. The minimum absolute atomic E-state index is 0.0402. The normalized spacial score (nSPS) is 16.6. The van der Waals surface area contributed by atoms with Crippen molar-refractivity contribution < 1.29 is 4.79 Å². The Bertz CT molecular complexity index is 838. The zero-order valence-electron chi connectivity index (χ0n) is 14.7. The van der Waals surface area contributed by atoms with Crippen LogP contribution in [0, 0.1) is 6.92 Å². The van der Waals surface area contributed by atoms with Crippen LogP contribution in [0.15, 0.2) is 89.8 Å². The molecule has 1 amide bonds. The molecule has 0 unspecified atom stereocenters. The Morgan fingerprint density at radius 1 is 0.846 bits per heavy atom. The number of benzene rings is 3. The molecular formula is C23H21NOS. The Hall–Kier alpha value is -2.52. The molecule has 0 aliphatic carbocycles. The van der Waals surface area contributed by atoms with Crippen molar-refractivity contribution in [3.05, 3.63) is 102 Å². The predicted octanol–water partition coefficient (Wildman–Crippen LogP) is 5.44. The molecule has 1 fully saturated rings. The number of thioether (sulfide) groups is 1. The van der Waals surface area contributed by atoms with Crippen LogP contribution in [0.25, 0.3) is 0 Å². The van der Waals surface area contributed by atoms with E-state index in [1.165, 1.54) is 10.5 Å². The van der Waals surface area contributed by atoms with Gasteiger partial charge in [-0.05, 0) is 30.2 Å². The molecule has 0 aromatic heterocycles. The van der Waals surface area contributed by atoms with Gasteiger partial charge in [0.25, 0.3) is 0 Å². The van der Waals surface area contributed by atoms with E-state index >= 15 is 0 Å². The maximum absolute atomic E-state index is 12.6. The fourth-order valence-corrected chi connectivity index (χ4v) is 4.55. The van der Waals surface area contributed by atoms with Gasteiger partial charge in [0.2, 0.25) is 5.91 Å². The van der Waals surface area contributed by atoms with Crippen LogP contribution in [-0.2, 0) is 4.79 Å². The van der Waals surface area contributed by atoms with Crippen molar-refractivity contribution in [2.75, 3.05) is 0 Å². The molecule has 26 heavy (non-hydrogen) atoms. The standard InChI is InChI=1S/C23H21NOS/c1-17-12-14-20(15-13-17)26-22-16-21(25)24(22)23(18-8-4-2-5-9-18)19-10-6-3-7-11-19/h2-15,22-23H,16H2,1H3/t22-/m1/s1. The summed E-state index contributed by atoms with van der Waals surface area (Å²) < 4.78 is 0. The van der Waals surface area contributed by atoms with E-state index in [9.17, 15) is 4.79 Å². The first kappa shape index (κ1) is 16.9. The molecule has 1 atom stereocenters. The number of rotatable bonds is 5. The van der Waals surface area contributed by atoms with Crippen LogP contribution in [0.2, 0.25) is 0 Å². The number of hydrogen-bond acceptors (Lipinski definition) is 2. The van der Waals surface area contributed by atoms with E-state index in [1.807, 2.05) is 41.3 Å². The first-order chi connectivity index (χ1) is 12.7. The monoisotopic (exact) mass is 359 g/mol. The molecule has 0 spiro atoms. The third-order valence-electron chi connectivity index (χ3n) is 4.75. The third-order valence-corrected chi connectivity index (χ3v) is 5.96. The Balaban J connectivity index is 1.65. The van der Waals surface area contributed by atoms with Gasteiger partial charge in [0.1, 0.15) is 0 Å². The van der Waals surface area contributed by atoms with Gasteiger partial charge >= 0.3 is 0 Å². The third kappa shape index (κ3) is 3.40. The first-order valence-corrected chi connectivity index (χ1v) is 9.75. The highest BCUT2D eigenvalue weighted by atomic mass is 32.2. The maximum atomic E-state index is 12.6. The molecule has 0 radical (unpaired) electrons. The topological polar surface area (TPSA) is 20.3 Å². The van der Waals surface area contributed by atoms with Crippen molar-refractivity contribution in [3.8, 4) is 0 Å². The summed E-state index contributed by atoms with van der Waals surface area (Å²) in [5.41, 5.74) is 3.56. The van der Waals surface area contributed by atoms with Crippen molar-refractivity contribution in [2.24, 2.45) is 0 Å². The first-order valence-electron chi connectivity index (χ1n) is 8.87. The predicted molar refractivity (Wildman–Crippen MR) is 107 cm³/mol. The summed E-state index contributed by atoms with van der Waals surface area (Å²) in [6.45, 7) is 2.09. The second-order valence-electron chi connectivity index (χ2n) is 6.61. The molecule has 3 heteroatoms. The van der Waals surface area contributed by atoms with Gasteiger partial charge in [-0.3, -0.25) is 4.79 Å². The molecule has 4 rings (SSSR count). The number of aryl methyl sites for hydroxylation is 1. The van der Waals surface area contributed by atoms with Crippen LogP contribution < -0.4 is 0 Å². The van der Waals surface area contributed by atoms with E-state index in [2.05, 4.69) is 55.5 Å². The van der Waals surface area contributed by atoms with Gasteiger partial charge in [-0.15, -0.1) is 11.8 Å². The lowest BCUT2D eigenvalue weighted by molar-refractivity contribution is -0.144. The molecule has 2 nitrogen and oxygen atoms in total. The Kier molecular flexibility index (Phi) is 4.81. The summed E-state index contributed by atoms with van der Waals surface area (Å²) in [6.07, 6.45) is 0.592. The molecule has 3 aromatic carbocycles. The van der Waals surface area contributed by atoms with Crippen LogP contribution in [0.5, 0.6) is 0 Å². The summed E-state index contributed by atoms with van der Waals surface area (Å²) in [4.78, 5) is 15.8. The highest BCUT2D eigenvalue weighted by molar-refractivity contribution is 8.00. The molecule has 1 aliphatic heterocycles. The molecule has 1 saturated heterocycles. The minimum Gasteiger partial charge on any atom is -0.319 e. The number of likely N-dealkylation sites (tertiary alicyclic amines) is 1. The van der Waals surface area contributed by atoms with E-state index in [0.29, 0.717) is 6.42 Å². The quantitative estimate of drug-likeness (QED) is 0.566. The Morgan fingerprint density at radius 2 is 1.38 bits per heavy atom.